The molecule has 20 heavy (non-hydrogen) atoms. The fourth-order valence-corrected chi connectivity index (χ4v) is 1.95. The topological polar surface area (TPSA) is 26.3 Å². The standard InChI is InChI=1S/C15H7F3O2/c16-9-5-4-8(11(18)7-9)6-13-15(19)14-10(17)2-1-3-12(14)20-13/h1-7H/b13-6-. The summed E-state index contributed by atoms with van der Waals surface area (Å²) in [6.07, 6.45) is 1.12. The van der Waals surface area contributed by atoms with E-state index in [-0.39, 0.29) is 22.6 Å². The Bertz CT molecular complexity index is 751. The third kappa shape index (κ3) is 1.97. The first kappa shape index (κ1) is 12.5. The average molecular weight is 276 g/mol. The second-order valence-electron chi connectivity index (χ2n) is 4.22. The highest BCUT2D eigenvalue weighted by Crippen LogP contribution is 2.33. The second kappa shape index (κ2) is 4.52. The smallest absolute Gasteiger partial charge is 0.234 e. The van der Waals surface area contributed by atoms with Crippen LogP contribution in [0.5, 0.6) is 5.75 Å². The molecule has 2 aromatic rings. The van der Waals surface area contributed by atoms with Crippen LogP contribution in [0.4, 0.5) is 13.2 Å². The van der Waals surface area contributed by atoms with Gasteiger partial charge in [0, 0.05) is 11.6 Å². The Kier molecular flexibility index (Phi) is 2.82. The summed E-state index contributed by atoms with van der Waals surface area (Å²) in [5.74, 6) is -3.03. The Morgan fingerprint density at radius 1 is 1.00 bits per heavy atom. The molecule has 1 aliphatic heterocycles. The molecule has 0 amide bonds. The van der Waals surface area contributed by atoms with Gasteiger partial charge in [-0.1, -0.05) is 6.07 Å². The van der Waals surface area contributed by atoms with Gasteiger partial charge in [-0.15, -0.1) is 0 Å². The maximum absolute atomic E-state index is 13.5. The van der Waals surface area contributed by atoms with Crippen LogP contribution < -0.4 is 4.74 Å². The molecule has 0 unspecified atom stereocenters. The van der Waals surface area contributed by atoms with Crippen molar-refractivity contribution in [1.82, 2.24) is 0 Å². The molecule has 1 aliphatic rings. The van der Waals surface area contributed by atoms with Gasteiger partial charge in [-0.3, -0.25) is 4.79 Å². The number of Topliss-reactive ketones (excluding diaryl/α,β-unsaturated/α-hetero) is 1. The molecule has 0 N–H and O–H groups in total. The molecule has 3 rings (SSSR count). The van der Waals surface area contributed by atoms with Gasteiger partial charge in [0.05, 0.1) is 0 Å². The molecule has 0 aromatic heterocycles. The summed E-state index contributed by atoms with van der Waals surface area (Å²) < 4.78 is 45.0. The minimum absolute atomic E-state index is 0.0111. The number of rotatable bonds is 1. The monoisotopic (exact) mass is 276 g/mol. The Morgan fingerprint density at radius 3 is 2.50 bits per heavy atom. The summed E-state index contributed by atoms with van der Waals surface area (Å²) in [4.78, 5) is 12.0. The van der Waals surface area contributed by atoms with Gasteiger partial charge in [-0.25, -0.2) is 13.2 Å². The lowest BCUT2D eigenvalue weighted by Crippen LogP contribution is -2.00. The number of fused-ring (bicyclic) bond motifs is 1. The summed E-state index contributed by atoms with van der Waals surface area (Å²) in [6.45, 7) is 0. The fraction of sp³-hybridized carbons (Fsp3) is 0. The van der Waals surface area contributed by atoms with E-state index in [1.807, 2.05) is 0 Å². The van der Waals surface area contributed by atoms with Crippen molar-refractivity contribution in [2.75, 3.05) is 0 Å². The fourth-order valence-electron chi connectivity index (χ4n) is 1.95. The molecule has 0 atom stereocenters. The van der Waals surface area contributed by atoms with Crippen LogP contribution in [0, 0.1) is 17.5 Å². The summed E-state index contributed by atoms with van der Waals surface area (Å²) in [5, 5.41) is 0. The Balaban J connectivity index is 2.04. The minimum atomic E-state index is -0.828. The lowest BCUT2D eigenvalue weighted by molar-refractivity contribution is 0.101. The molecule has 0 saturated heterocycles. The minimum Gasteiger partial charge on any atom is -0.452 e. The van der Waals surface area contributed by atoms with Gasteiger partial charge in [0.25, 0.3) is 0 Å². The van der Waals surface area contributed by atoms with Crippen LogP contribution in [-0.2, 0) is 0 Å². The lowest BCUT2D eigenvalue weighted by Gasteiger charge is -2.00. The molecule has 0 spiro atoms. The number of allylic oxidation sites excluding steroid dienone is 1. The van der Waals surface area contributed by atoms with E-state index in [4.69, 9.17) is 4.74 Å². The van der Waals surface area contributed by atoms with Gasteiger partial charge in [-0.05, 0) is 30.3 Å². The van der Waals surface area contributed by atoms with E-state index in [1.165, 1.54) is 18.2 Å². The molecule has 0 saturated carbocycles. The summed E-state index contributed by atoms with van der Waals surface area (Å²) >= 11 is 0. The molecule has 0 aliphatic carbocycles. The predicted octanol–water partition coefficient (Wildman–Crippen LogP) is 3.72. The van der Waals surface area contributed by atoms with E-state index >= 15 is 0 Å². The van der Waals surface area contributed by atoms with Gasteiger partial charge >= 0.3 is 0 Å². The SMILES string of the molecule is O=C1/C(=C/c2ccc(F)cc2F)Oc2cccc(F)c21. The van der Waals surface area contributed by atoms with Crippen LogP contribution in [0.1, 0.15) is 15.9 Å². The van der Waals surface area contributed by atoms with E-state index in [2.05, 4.69) is 0 Å². The Labute approximate surface area is 112 Å². The number of hydrogen-bond acceptors (Lipinski definition) is 2. The van der Waals surface area contributed by atoms with Gasteiger partial charge < -0.3 is 4.74 Å². The maximum atomic E-state index is 13.5. The quantitative estimate of drug-likeness (QED) is 0.742. The molecule has 100 valence electrons. The first-order valence-electron chi connectivity index (χ1n) is 5.74. The number of halogens is 3. The third-order valence-corrected chi connectivity index (χ3v) is 2.90. The molecule has 5 heteroatoms. The molecule has 0 fully saturated rings. The van der Waals surface area contributed by atoms with Gasteiger partial charge in [0.1, 0.15) is 28.8 Å². The molecular formula is C15H7F3O2. The molecule has 2 nitrogen and oxygen atoms in total. The molecule has 0 bridgehead atoms. The van der Waals surface area contributed by atoms with Crippen LogP contribution in [0.3, 0.4) is 0 Å². The largest absolute Gasteiger partial charge is 0.452 e. The lowest BCUT2D eigenvalue weighted by atomic mass is 10.1. The van der Waals surface area contributed by atoms with Crippen molar-refractivity contribution in [2.45, 2.75) is 0 Å². The first-order valence-corrected chi connectivity index (χ1v) is 5.74. The zero-order valence-electron chi connectivity index (χ0n) is 9.99. The molecule has 2 aromatic carbocycles. The highest BCUT2D eigenvalue weighted by Gasteiger charge is 2.30. The van der Waals surface area contributed by atoms with Crippen molar-refractivity contribution in [3.05, 3.63) is 70.7 Å². The first-order chi connectivity index (χ1) is 9.56. The van der Waals surface area contributed by atoms with Crippen molar-refractivity contribution < 1.29 is 22.7 Å². The third-order valence-electron chi connectivity index (χ3n) is 2.90. The summed E-state index contributed by atoms with van der Waals surface area (Å²) in [5.41, 5.74) is -0.191. The summed E-state index contributed by atoms with van der Waals surface area (Å²) in [7, 11) is 0. The predicted molar refractivity (Wildman–Crippen MR) is 65.7 cm³/mol. The van der Waals surface area contributed by atoms with Gasteiger partial charge in [-0.2, -0.15) is 0 Å². The Morgan fingerprint density at radius 2 is 1.80 bits per heavy atom. The zero-order valence-corrected chi connectivity index (χ0v) is 9.99. The number of carbonyl (C=O) groups excluding carboxylic acids is 1. The number of ether oxygens (including phenoxy) is 1. The van der Waals surface area contributed by atoms with Crippen molar-refractivity contribution in [3.63, 3.8) is 0 Å². The van der Waals surface area contributed by atoms with Crippen molar-refractivity contribution in [2.24, 2.45) is 0 Å². The van der Waals surface area contributed by atoms with Crippen LogP contribution in [0.2, 0.25) is 0 Å². The van der Waals surface area contributed by atoms with Crippen LogP contribution in [0.25, 0.3) is 6.08 Å². The van der Waals surface area contributed by atoms with Crippen molar-refractivity contribution in [1.29, 1.82) is 0 Å². The van der Waals surface area contributed by atoms with Crippen LogP contribution in [-0.4, -0.2) is 5.78 Å². The zero-order chi connectivity index (χ0) is 14.3. The Hall–Kier alpha value is -2.56. The number of benzene rings is 2. The number of hydrogen-bond donors (Lipinski definition) is 0. The van der Waals surface area contributed by atoms with Crippen LogP contribution >= 0.6 is 0 Å². The van der Waals surface area contributed by atoms with E-state index in [9.17, 15) is 18.0 Å². The van der Waals surface area contributed by atoms with E-state index < -0.39 is 23.2 Å². The van der Waals surface area contributed by atoms with Gasteiger partial charge in [0.15, 0.2) is 5.76 Å². The average Bonchev–Trinajstić information content (AvgIpc) is 2.71. The van der Waals surface area contributed by atoms with Crippen LogP contribution in [0.15, 0.2) is 42.2 Å². The number of ketones is 1. The maximum Gasteiger partial charge on any atom is 0.234 e. The molecular weight excluding hydrogens is 269 g/mol. The van der Waals surface area contributed by atoms with E-state index in [1.54, 1.807) is 0 Å². The van der Waals surface area contributed by atoms with E-state index in [0.29, 0.717) is 6.07 Å². The summed E-state index contributed by atoms with van der Waals surface area (Å²) in [6, 6.07) is 6.92. The normalized spacial score (nSPS) is 15.3. The van der Waals surface area contributed by atoms with Gasteiger partial charge in [0.2, 0.25) is 5.78 Å². The second-order valence-corrected chi connectivity index (χ2v) is 4.22. The molecule has 1 heterocycles. The highest BCUT2D eigenvalue weighted by atomic mass is 19.1. The van der Waals surface area contributed by atoms with Crippen molar-refractivity contribution in [3.8, 4) is 5.75 Å². The van der Waals surface area contributed by atoms with E-state index in [0.717, 1.165) is 18.2 Å². The van der Waals surface area contributed by atoms with Crippen molar-refractivity contribution >= 4 is 11.9 Å². The number of carbonyl (C=O) groups is 1. The highest BCUT2D eigenvalue weighted by molar-refractivity contribution is 6.14. The molecule has 0 radical (unpaired) electrons.